The van der Waals surface area contributed by atoms with Crippen LogP contribution in [-0.2, 0) is 6.54 Å². The molecule has 128 valence electrons. The molecule has 1 saturated carbocycles. The third kappa shape index (κ3) is 4.89. The van der Waals surface area contributed by atoms with Crippen molar-refractivity contribution in [2.45, 2.75) is 51.6 Å². The Morgan fingerprint density at radius 3 is 2.67 bits per heavy atom. The van der Waals surface area contributed by atoms with Gasteiger partial charge in [0.25, 0.3) is 0 Å². The lowest BCUT2D eigenvalue weighted by molar-refractivity contribution is 0.184. The van der Waals surface area contributed by atoms with E-state index in [1.807, 2.05) is 18.5 Å². The van der Waals surface area contributed by atoms with Gasteiger partial charge in [-0.25, -0.2) is 4.98 Å². The molecule has 0 unspecified atom stereocenters. The minimum absolute atomic E-state index is 0.756. The fourth-order valence-electron chi connectivity index (χ4n) is 3.22. The van der Waals surface area contributed by atoms with Crippen molar-refractivity contribution in [3.05, 3.63) is 46.5 Å². The van der Waals surface area contributed by atoms with Gasteiger partial charge in [0, 0.05) is 18.0 Å². The maximum atomic E-state index is 4.32. The van der Waals surface area contributed by atoms with Crippen molar-refractivity contribution in [3.63, 3.8) is 0 Å². The van der Waals surface area contributed by atoms with Crippen LogP contribution in [0, 0.1) is 6.92 Å². The lowest BCUT2D eigenvalue weighted by Crippen LogP contribution is -2.32. The molecule has 5 heteroatoms. The van der Waals surface area contributed by atoms with Crippen LogP contribution in [-0.4, -0.2) is 29.2 Å². The van der Waals surface area contributed by atoms with Crippen LogP contribution in [0.25, 0.3) is 0 Å². The third-order valence-electron chi connectivity index (χ3n) is 4.60. The van der Waals surface area contributed by atoms with Crippen molar-refractivity contribution < 1.29 is 0 Å². The minimum Gasteiger partial charge on any atom is -0.299 e. The fourth-order valence-corrected chi connectivity index (χ4v) is 3.85. The highest BCUT2D eigenvalue weighted by Crippen LogP contribution is 2.22. The predicted octanol–water partition coefficient (Wildman–Crippen LogP) is 4.66. The summed E-state index contributed by atoms with van der Waals surface area (Å²) in [5.74, 6) is 0. The molecule has 0 atom stereocenters. The second-order valence-corrected chi connectivity index (χ2v) is 7.47. The molecule has 1 aliphatic rings. The Hall–Kier alpha value is -1.72. The van der Waals surface area contributed by atoms with Crippen LogP contribution in [0.5, 0.6) is 0 Å². The number of rotatable bonds is 6. The largest absolute Gasteiger partial charge is 0.299 e. The van der Waals surface area contributed by atoms with Crippen molar-refractivity contribution in [2.75, 3.05) is 12.5 Å². The van der Waals surface area contributed by atoms with E-state index in [1.54, 1.807) is 11.3 Å². The Bertz CT molecular complexity index is 656. The zero-order chi connectivity index (χ0) is 16.8. The Kier molecular flexibility index (Phi) is 5.99. The lowest BCUT2D eigenvalue weighted by Gasteiger charge is -2.31. The van der Waals surface area contributed by atoms with E-state index in [9.17, 15) is 0 Å². The van der Waals surface area contributed by atoms with Crippen LogP contribution in [0.1, 0.15) is 48.9 Å². The Labute approximate surface area is 148 Å². The van der Waals surface area contributed by atoms with Crippen LogP contribution >= 0.6 is 11.3 Å². The number of nitrogens with zero attached hydrogens (tertiary/aromatic N) is 3. The summed E-state index contributed by atoms with van der Waals surface area (Å²) in [5.41, 5.74) is 6.45. The third-order valence-corrected chi connectivity index (χ3v) is 5.47. The molecule has 0 saturated heterocycles. The maximum absolute atomic E-state index is 4.32. The Morgan fingerprint density at radius 1 is 1.25 bits per heavy atom. The highest BCUT2D eigenvalue weighted by molar-refractivity contribution is 7.13. The van der Waals surface area contributed by atoms with Crippen molar-refractivity contribution >= 4 is 22.7 Å². The van der Waals surface area contributed by atoms with E-state index in [2.05, 4.69) is 51.7 Å². The maximum Gasteiger partial charge on any atom is 0.203 e. The highest BCUT2D eigenvalue weighted by atomic mass is 32.1. The number of hydrogen-bond donors (Lipinski definition) is 1. The number of hydrazone groups is 1. The van der Waals surface area contributed by atoms with Gasteiger partial charge in [0.1, 0.15) is 0 Å². The number of benzene rings is 1. The average Bonchev–Trinajstić information content (AvgIpc) is 3.02. The summed E-state index contributed by atoms with van der Waals surface area (Å²) in [5, 5.41) is 7.09. The molecule has 0 aliphatic heterocycles. The monoisotopic (exact) mass is 342 g/mol. The highest BCUT2D eigenvalue weighted by Gasteiger charge is 2.17. The van der Waals surface area contributed by atoms with Crippen LogP contribution in [0.4, 0.5) is 5.13 Å². The molecule has 1 aromatic heterocycles. The van der Waals surface area contributed by atoms with Gasteiger partial charge in [0.05, 0.1) is 11.9 Å². The summed E-state index contributed by atoms with van der Waals surface area (Å²) in [4.78, 5) is 6.83. The van der Waals surface area contributed by atoms with Gasteiger partial charge < -0.3 is 0 Å². The molecular formula is C19H26N4S. The molecule has 24 heavy (non-hydrogen) atoms. The zero-order valence-electron chi connectivity index (χ0n) is 14.5. The zero-order valence-corrected chi connectivity index (χ0v) is 15.4. The molecular weight excluding hydrogens is 316 g/mol. The van der Waals surface area contributed by atoms with E-state index in [4.69, 9.17) is 0 Å². The minimum atomic E-state index is 0.756. The summed E-state index contributed by atoms with van der Waals surface area (Å²) in [7, 11) is 2.26. The molecule has 1 N–H and O–H groups in total. The van der Waals surface area contributed by atoms with E-state index in [0.717, 1.165) is 29.0 Å². The summed E-state index contributed by atoms with van der Waals surface area (Å²) in [6.45, 7) is 3.01. The molecule has 0 bridgehead atoms. The quantitative estimate of drug-likeness (QED) is 0.613. The van der Waals surface area contributed by atoms with E-state index >= 15 is 0 Å². The SMILES string of the molecule is Cc1csc(NN=Cc2ccc(CN(C)C3CCCCC3)cc2)n1. The van der Waals surface area contributed by atoms with Crippen molar-refractivity contribution in [3.8, 4) is 0 Å². The first-order valence-electron chi connectivity index (χ1n) is 8.71. The van der Waals surface area contributed by atoms with Gasteiger partial charge in [-0.2, -0.15) is 5.10 Å². The van der Waals surface area contributed by atoms with Crippen LogP contribution < -0.4 is 5.43 Å². The molecule has 4 nitrogen and oxygen atoms in total. The number of aromatic nitrogens is 1. The van der Waals surface area contributed by atoms with Crippen LogP contribution in [0.3, 0.4) is 0 Å². The Balaban J connectivity index is 1.51. The van der Waals surface area contributed by atoms with E-state index in [0.29, 0.717) is 0 Å². The molecule has 1 aliphatic carbocycles. The van der Waals surface area contributed by atoms with Gasteiger partial charge in [-0.05, 0) is 37.9 Å². The lowest BCUT2D eigenvalue weighted by atomic mass is 9.94. The molecule has 3 rings (SSSR count). The Morgan fingerprint density at radius 2 is 2.00 bits per heavy atom. The van der Waals surface area contributed by atoms with Gasteiger partial charge in [-0.15, -0.1) is 11.3 Å². The normalized spacial score (nSPS) is 16.1. The molecule has 1 fully saturated rings. The second kappa shape index (κ2) is 8.40. The molecule has 0 radical (unpaired) electrons. The average molecular weight is 343 g/mol. The topological polar surface area (TPSA) is 40.5 Å². The second-order valence-electron chi connectivity index (χ2n) is 6.61. The summed E-state index contributed by atoms with van der Waals surface area (Å²) >= 11 is 1.57. The number of hydrogen-bond acceptors (Lipinski definition) is 5. The first-order valence-corrected chi connectivity index (χ1v) is 9.59. The molecule has 0 spiro atoms. The molecule has 1 heterocycles. The number of aryl methyl sites for hydroxylation is 1. The van der Waals surface area contributed by atoms with E-state index in [-0.39, 0.29) is 0 Å². The number of thiazole rings is 1. The summed E-state index contributed by atoms with van der Waals surface area (Å²) in [6, 6.07) is 9.42. The van der Waals surface area contributed by atoms with E-state index < -0.39 is 0 Å². The first kappa shape index (κ1) is 17.1. The van der Waals surface area contributed by atoms with Crippen LogP contribution in [0.15, 0.2) is 34.7 Å². The molecule has 0 amide bonds. The van der Waals surface area contributed by atoms with Crippen LogP contribution in [0.2, 0.25) is 0 Å². The van der Waals surface area contributed by atoms with Gasteiger partial charge >= 0.3 is 0 Å². The fraction of sp³-hybridized carbons (Fsp3) is 0.474. The molecule has 1 aromatic carbocycles. The summed E-state index contributed by atoms with van der Waals surface area (Å²) < 4.78 is 0. The van der Waals surface area contributed by atoms with Crippen molar-refractivity contribution in [2.24, 2.45) is 5.10 Å². The van der Waals surface area contributed by atoms with E-state index in [1.165, 1.54) is 37.7 Å². The van der Waals surface area contributed by atoms with Gasteiger partial charge in [0.2, 0.25) is 5.13 Å². The predicted molar refractivity (Wildman–Crippen MR) is 103 cm³/mol. The standard InChI is InChI=1S/C19H26N4S/c1-15-14-24-19(21-15)22-20-12-16-8-10-17(11-9-16)13-23(2)18-6-4-3-5-7-18/h8-12,14,18H,3-7,13H2,1-2H3,(H,21,22). The summed E-state index contributed by atoms with van der Waals surface area (Å²) in [6.07, 6.45) is 8.72. The first-order chi connectivity index (χ1) is 11.7. The number of nitrogens with one attached hydrogen (secondary N) is 1. The van der Waals surface area contributed by atoms with Gasteiger partial charge in [-0.1, -0.05) is 43.5 Å². The van der Waals surface area contributed by atoms with Gasteiger partial charge in [0.15, 0.2) is 0 Å². The smallest absolute Gasteiger partial charge is 0.203 e. The molecule has 2 aromatic rings. The number of anilines is 1. The van der Waals surface area contributed by atoms with Crippen molar-refractivity contribution in [1.82, 2.24) is 9.88 Å². The van der Waals surface area contributed by atoms with Gasteiger partial charge in [-0.3, -0.25) is 10.3 Å². The van der Waals surface area contributed by atoms with Crippen molar-refractivity contribution in [1.29, 1.82) is 0 Å².